The van der Waals surface area contributed by atoms with Crippen LogP contribution in [0.15, 0.2) is 36.5 Å². The minimum atomic E-state index is -1.60. The van der Waals surface area contributed by atoms with Crippen LogP contribution >= 0.6 is 0 Å². The van der Waals surface area contributed by atoms with Crippen molar-refractivity contribution in [1.29, 1.82) is 0 Å². The molecule has 0 bridgehead atoms. The van der Waals surface area contributed by atoms with Crippen molar-refractivity contribution in [3.63, 3.8) is 0 Å². The number of fused-ring (bicyclic) bond motifs is 1. The lowest BCUT2D eigenvalue weighted by Crippen LogP contribution is -2.33. The van der Waals surface area contributed by atoms with E-state index in [1.165, 1.54) is 0 Å². The number of aryl methyl sites for hydroxylation is 1. The molecule has 2 amide bonds. The first kappa shape index (κ1) is 19.9. The summed E-state index contributed by atoms with van der Waals surface area (Å²) in [5.74, 6) is -5.00. The fraction of sp³-hybridized carbons (Fsp3) is 0.300. The molecule has 1 aliphatic rings. The first-order valence-electron chi connectivity index (χ1n) is 9.45. The quantitative estimate of drug-likeness (QED) is 0.493. The van der Waals surface area contributed by atoms with Crippen molar-refractivity contribution in [3.8, 4) is 0 Å². The Labute approximate surface area is 169 Å². The number of hydrogen-bond acceptors (Lipinski definition) is 4. The summed E-state index contributed by atoms with van der Waals surface area (Å²) in [5, 5.41) is 11.0. The van der Waals surface area contributed by atoms with Crippen LogP contribution in [0.2, 0.25) is 0 Å². The zero-order valence-electron chi connectivity index (χ0n) is 15.8. The van der Waals surface area contributed by atoms with Crippen molar-refractivity contribution in [2.24, 2.45) is 5.92 Å². The Hall–Kier alpha value is -3.43. The SMILES string of the molecule is O=C(NCCCc1nnc2ccccn12)C1CC(=O)N(c2cc(F)c(F)c(F)c2)C1. The molecule has 0 radical (unpaired) electrons. The molecule has 30 heavy (non-hydrogen) atoms. The minimum Gasteiger partial charge on any atom is -0.356 e. The predicted molar refractivity (Wildman–Crippen MR) is 101 cm³/mol. The Morgan fingerprint density at radius 3 is 2.70 bits per heavy atom. The van der Waals surface area contributed by atoms with E-state index < -0.39 is 29.3 Å². The summed E-state index contributed by atoms with van der Waals surface area (Å²) in [6, 6.07) is 7.09. The van der Waals surface area contributed by atoms with Crippen molar-refractivity contribution < 1.29 is 22.8 Å². The first-order chi connectivity index (χ1) is 14.4. The molecule has 1 unspecified atom stereocenters. The van der Waals surface area contributed by atoms with Crippen LogP contribution in [-0.2, 0) is 16.0 Å². The van der Waals surface area contributed by atoms with Gasteiger partial charge in [-0.2, -0.15) is 0 Å². The number of nitrogens with zero attached hydrogens (tertiary/aromatic N) is 4. The maximum Gasteiger partial charge on any atom is 0.227 e. The molecule has 0 spiro atoms. The van der Waals surface area contributed by atoms with Crippen LogP contribution in [0.3, 0.4) is 0 Å². The summed E-state index contributed by atoms with van der Waals surface area (Å²) >= 11 is 0. The summed E-state index contributed by atoms with van der Waals surface area (Å²) < 4.78 is 41.9. The summed E-state index contributed by atoms with van der Waals surface area (Å²) in [5.41, 5.74) is 0.639. The smallest absolute Gasteiger partial charge is 0.227 e. The van der Waals surface area contributed by atoms with Crippen LogP contribution in [0, 0.1) is 23.4 Å². The maximum absolute atomic E-state index is 13.5. The molecule has 0 aliphatic carbocycles. The molecule has 1 saturated heterocycles. The van der Waals surface area contributed by atoms with E-state index in [0.717, 1.165) is 28.5 Å². The molecule has 3 aromatic rings. The highest BCUT2D eigenvalue weighted by molar-refractivity contribution is 6.00. The Bertz CT molecular complexity index is 1090. The van der Waals surface area contributed by atoms with E-state index in [9.17, 15) is 22.8 Å². The van der Waals surface area contributed by atoms with Gasteiger partial charge in [-0.05, 0) is 18.6 Å². The van der Waals surface area contributed by atoms with E-state index in [2.05, 4.69) is 15.5 Å². The van der Waals surface area contributed by atoms with Gasteiger partial charge in [0.2, 0.25) is 11.8 Å². The average molecular weight is 417 g/mol. The minimum absolute atomic E-state index is 0.0238. The molecule has 1 fully saturated rings. The standard InChI is InChI=1S/C20H18F3N5O2/c21-14-9-13(10-15(22)19(14)23)28-11-12(8-18(28)29)20(30)24-6-3-5-17-26-25-16-4-1-2-7-27(16)17/h1-2,4,7,9-10,12H,3,5-6,8,11H2,(H,24,30). The normalized spacial score (nSPS) is 16.4. The van der Waals surface area contributed by atoms with E-state index in [1.807, 2.05) is 28.8 Å². The van der Waals surface area contributed by atoms with Crippen LogP contribution in [-0.4, -0.2) is 39.5 Å². The Morgan fingerprint density at radius 2 is 1.93 bits per heavy atom. The zero-order chi connectivity index (χ0) is 21.3. The molecule has 1 atom stereocenters. The van der Waals surface area contributed by atoms with Crippen molar-refractivity contribution in [3.05, 3.63) is 59.8 Å². The molecular weight excluding hydrogens is 399 g/mol. The number of anilines is 1. The summed E-state index contributed by atoms with van der Waals surface area (Å²) in [6.07, 6.45) is 3.01. The van der Waals surface area contributed by atoms with Crippen LogP contribution in [0.5, 0.6) is 0 Å². The number of halogens is 3. The third kappa shape index (κ3) is 3.85. The van der Waals surface area contributed by atoms with E-state index in [4.69, 9.17) is 0 Å². The molecule has 4 rings (SSSR count). The third-order valence-electron chi connectivity index (χ3n) is 5.04. The number of pyridine rings is 1. The van der Waals surface area contributed by atoms with Gasteiger partial charge in [0, 0.05) is 49.9 Å². The van der Waals surface area contributed by atoms with Gasteiger partial charge in [0.15, 0.2) is 23.1 Å². The number of carbonyl (C=O) groups excluding carboxylic acids is 2. The van der Waals surface area contributed by atoms with Gasteiger partial charge in [-0.1, -0.05) is 6.07 Å². The van der Waals surface area contributed by atoms with Crippen molar-refractivity contribution in [1.82, 2.24) is 19.9 Å². The summed E-state index contributed by atoms with van der Waals surface area (Å²) in [4.78, 5) is 25.7. The second-order valence-corrected chi connectivity index (χ2v) is 7.07. The average Bonchev–Trinajstić information content (AvgIpc) is 3.32. The third-order valence-corrected chi connectivity index (χ3v) is 5.04. The highest BCUT2D eigenvalue weighted by Crippen LogP contribution is 2.28. The number of hydrogen-bond donors (Lipinski definition) is 1. The molecule has 1 N–H and O–H groups in total. The molecule has 1 aromatic carbocycles. The monoisotopic (exact) mass is 417 g/mol. The number of nitrogens with one attached hydrogen (secondary N) is 1. The predicted octanol–water partition coefficient (Wildman–Crippen LogP) is 2.25. The Kier molecular flexibility index (Phi) is 5.39. The Morgan fingerprint density at radius 1 is 1.17 bits per heavy atom. The number of carbonyl (C=O) groups is 2. The second-order valence-electron chi connectivity index (χ2n) is 7.07. The molecular formula is C20H18F3N5O2. The van der Waals surface area contributed by atoms with Gasteiger partial charge in [0.25, 0.3) is 0 Å². The fourth-order valence-corrected chi connectivity index (χ4v) is 3.49. The highest BCUT2D eigenvalue weighted by Gasteiger charge is 2.35. The van der Waals surface area contributed by atoms with Gasteiger partial charge < -0.3 is 10.2 Å². The van der Waals surface area contributed by atoms with Gasteiger partial charge in [0.1, 0.15) is 5.82 Å². The van der Waals surface area contributed by atoms with E-state index in [1.54, 1.807) is 0 Å². The molecule has 7 nitrogen and oxygen atoms in total. The molecule has 156 valence electrons. The summed E-state index contributed by atoms with van der Waals surface area (Å²) in [6.45, 7) is 0.356. The number of benzene rings is 1. The molecule has 1 aliphatic heterocycles. The lowest BCUT2D eigenvalue weighted by Gasteiger charge is -2.17. The topological polar surface area (TPSA) is 79.6 Å². The lowest BCUT2D eigenvalue weighted by atomic mass is 10.1. The Balaban J connectivity index is 1.31. The highest BCUT2D eigenvalue weighted by atomic mass is 19.2. The van der Waals surface area contributed by atoms with Crippen LogP contribution in [0.25, 0.3) is 5.65 Å². The van der Waals surface area contributed by atoms with E-state index in [-0.39, 0.29) is 24.6 Å². The van der Waals surface area contributed by atoms with E-state index in [0.29, 0.717) is 19.4 Å². The van der Waals surface area contributed by atoms with Gasteiger partial charge in [-0.25, -0.2) is 13.2 Å². The number of aromatic nitrogens is 3. The molecule has 0 saturated carbocycles. The number of amides is 2. The second kappa shape index (κ2) is 8.13. The fourth-order valence-electron chi connectivity index (χ4n) is 3.49. The molecule has 10 heteroatoms. The van der Waals surface area contributed by atoms with Gasteiger partial charge >= 0.3 is 0 Å². The molecule has 3 heterocycles. The summed E-state index contributed by atoms with van der Waals surface area (Å²) in [7, 11) is 0. The van der Waals surface area contributed by atoms with Gasteiger partial charge in [0.05, 0.1) is 5.92 Å². The zero-order valence-corrected chi connectivity index (χ0v) is 15.8. The molecule has 2 aromatic heterocycles. The first-order valence-corrected chi connectivity index (χ1v) is 9.45. The lowest BCUT2D eigenvalue weighted by molar-refractivity contribution is -0.126. The van der Waals surface area contributed by atoms with Crippen molar-refractivity contribution >= 4 is 23.1 Å². The van der Waals surface area contributed by atoms with Crippen LogP contribution in [0.4, 0.5) is 18.9 Å². The maximum atomic E-state index is 13.5. The van der Waals surface area contributed by atoms with Gasteiger partial charge in [-0.15, -0.1) is 10.2 Å². The van der Waals surface area contributed by atoms with Crippen LogP contribution in [0.1, 0.15) is 18.7 Å². The number of rotatable bonds is 6. The largest absolute Gasteiger partial charge is 0.356 e. The van der Waals surface area contributed by atoms with E-state index >= 15 is 0 Å². The van der Waals surface area contributed by atoms with Crippen molar-refractivity contribution in [2.75, 3.05) is 18.0 Å². The van der Waals surface area contributed by atoms with Crippen LogP contribution < -0.4 is 10.2 Å². The van der Waals surface area contributed by atoms with Crippen molar-refractivity contribution in [2.45, 2.75) is 19.3 Å². The van der Waals surface area contributed by atoms with Gasteiger partial charge in [-0.3, -0.25) is 14.0 Å².